The number of aromatic nitrogens is 4. The second-order valence-electron chi connectivity index (χ2n) is 8.44. The first-order chi connectivity index (χ1) is 17.2. The number of fused-ring (bicyclic) bond motifs is 1. The molecule has 186 valence electrons. The minimum atomic E-state index is -0.963. The smallest absolute Gasteiger partial charge is 0.332 e. The van der Waals surface area contributed by atoms with Gasteiger partial charge in [0.15, 0.2) is 11.2 Å². The Labute approximate surface area is 205 Å². The molecule has 0 unspecified atom stereocenters. The molecule has 0 fully saturated rings. The van der Waals surface area contributed by atoms with Gasteiger partial charge in [0.25, 0.3) is 5.56 Å². The summed E-state index contributed by atoms with van der Waals surface area (Å²) in [6.45, 7) is -0.299. The van der Waals surface area contributed by atoms with Crippen LogP contribution in [-0.4, -0.2) is 43.6 Å². The molecule has 2 aromatic heterocycles. The summed E-state index contributed by atoms with van der Waals surface area (Å²) in [4.78, 5) is 56.7. The molecule has 0 aliphatic heterocycles. The van der Waals surface area contributed by atoms with E-state index in [1.165, 1.54) is 59.7 Å². The van der Waals surface area contributed by atoms with Crippen molar-refractivity contribution in [3.8, 4) is 0 Å². The third-order valence-electron chi connectivity index (χ3n) is 5.97. The summed E-state index contributed by atoms with van der Waals surface area (Å²) in [5.74, 6) is -1.46. The molecule has 11 heteroatoms. The number of carbonyl (C=O) groups excluding carboxylic acids is 2. The van der Waals surface area contributed by atoms with Crippen LogP contribution in [0.4, 0.5) is 10.1 Å². The van der Waals surface area contributed by atoms with Crippen molar-refractivity contribution >= 4 is 28.7 Å². The molecule has 1 atom stereocenters. The molecular weight excluding hydrogens is 467 g/mol. The van der Waals surface area contributed by atoms with Gasteiger partial charge in [0.1, 0.15) is 18.4 Å². The van der Waals surface area contributed by atoms with Crippen LogP contribution in [0.5, 0.6) is 0 Å². The van der Waals surface area contributed by atoms with Crippen LogP contribution >= 0.6 is 0 Å². The van der Waals surface area contributed by atoms with Crippen molar-refractivity contribution < 1.29 is 14.0 Å². The van der Waals surface area contributed by atoms with Gasteiger partial charge in [0.05, 0.1) is 6.33 Å². The predicted molar refractivity (Wildman–Crippen MR) is 132 cm³/mol. The summed E-state index contributed by atoms with van der Waals surface area (Å²) in [6.07, 6.45) is 1.50. The van der Waals surface area contributed by atoms with E-state index in [0.29, 0.717) is 5.69 Å². The lowest BCUT2D eigenvalue weighted by Crippen LogP contribution is -2.49. The Morgan fingerprint density at radius 3 is 2.47 bits per heavy atom. The molecule has 0 aliphatic carbocycles. The van der Waals surface area contributed by atoms with Crippen LogP contribution in [0.2, 0.25) is 0 Å². The number of hydrogen-bond acceptors (Lipinski definition) is 5. The maximum atomic E-state index is 13.7. The highest BCUT2D eigenvalue weighted by Gasteiger charge is 2.26. The first kappa shape index (κ1) is 24.6. The molecule has 10 nitrogen and oxygen atoms in total. The Balaban J connectivity index is 1.61. The van der Waals surface area contributed by atoms with Gasteiger partial charge < -0.3 is 14.8 Å². The van der Waals surface area contributed by atoms with Crippen molar-refractivity contribution in [2.45, 2.75) is 19.0 Å². The van der Waals surface area contributed by atoms with Crippen molar-refractivity contribution in [1.82, 2.24) is 24.0 Å². The van der Waals surface area contributed by atoms with Crippen molar-refractivity contribution in [3.63, 3.8) is 0 Å². The van der Waals surface area contributed by atoms with Gasteiger partial charge in [-0.2, -0.15) is 0 Å². The molecule has 0 aliphatic rings. The van der Waals surface area contributed by atoms with Crippen LogP contribution in [0, 0.1) is 5.82 Å². The summed E-state index contributed by atoms with van der Waals surface area (Å²) >= 11 is 0. The number of likely N-dealkylation sites (N-methyl/N-ethyl adjacent to an activating group) is 1. The van der Waals surface area contributed by atoms with Crippen molar-refractivity contribution in [3.05, 3.63) is 93.1 Å². The van der Waals surface area contributed by atoms with Crippen molar-refractivity contribution in [1.29, 1.82) is 0 Å². The molecule has 0 spiro atoms. The SMILES string of the molecule is CN(C(=O)[C@H](Cc1ccccc1)NC(=O)Cn1cnc2c1c(=O)n(C)c(=O)n2C)c1cccc(F)c1. The molecule has 0 saturated carbocycles. The molecule has 4 rings (SSSR count). The van der Waals surface area contributed by atoms with E-state index in [-0.39, 0.29) is 24.1 Å². The Kier molecular flexibility index (Phi) is 6.82. The van der Waals surface area contributed by atoms with Crippen LogP contribution in [0.3, 0.4) is 0 Å². The number of hydrogen-bond donors (Lipinski definition) is 1. The molecular formula is C25H25FN6O4. The second kappa shape index (κ2) is 9.98. The Bertz CT molecular complexity index is 1560. The van der Waals surface area contributed by atoms with E-state index in [9.17, 15) is 23.6 Å². The first-order valence-electron chi connectivity index (χ1n) is 11.1. The Morgan fingerprint density at radius 2 is 1.78 bits per heavy atom. The number of amides is 2. The quantitative estimate of drug-likeness (QED) is 0.413. The maximum Gasteiger partial charge on any atom is 0.332 e. The highest BCUT2D eigenvalue weighted by atomic mass is 19.1. The van der Waals surface area contributed by atoms with Gasteiger partial charge in [-0.3, -0.25) is 23.5 Å². The molecule has 2 amide bonds. The van der Waals surface area contributed by atoms with Gasteiger partial charge in [-0.15, -0.1) is 0 Å². The molecule has 36 heavy (non-hydrogen) atoms. The lowest BCUT2D eigenvalue weighted by molar-refractivity contribution is -0.127. The number of imidazole rings is 1. The van der Waals surface area contributed by atoms with E-state index in [1.54, 1.807) is 6.07 Å². The Morgan fingerprint density at radius 1 is 1.06 bits per heavy atom. The van der Waals surface area contributed by atoms with Gasteiger partial charge >= 0.3 is 5.69 Å². The summed E-state index contributed by atoms with van der Waals surface area (Å²) in [7, 11) is 4.34. The zero-order chi connectivity index (χ0) is 26.0. The number of rotatable bonds is 7. The van der Waals surface area contributed by atoms with Crippen LogP contribution in [-0.2, 0) is 36.6 Å². The molecule has 0 radical (unpaired) electrons. The summed E-state index contributed by atoms with van der Waals surface area (Å²) in [5, 5.41) is 2.74. The minimum absolute atomic E-state index is 0.0950. The van der Waals surface area contributed by atoms with Crippen LogP contribution < -0.4 is 21.5 Å². The zero-order valence-corrected chi connectivity index (χ0v) is 20.0. The lowest BCUT2D eigenvalue weighted by atomic mass is 10.0. The van der Waals surface area contributed by atoms with Gasteiger partial charge in [-0.25, -0.2) is 14.2 Å². The van der Waals surface area contributed by atoms with Gasteiger partial charge in [-0.1, -0.05) is 36.4 Å². The first-order valence-corrected chi connectivity index (χ1v) is 11.1. The fourth-order valence-electron chi connectivity index (χ4n) is 4.01. The van der Waals surface area contributed by atoms with Crippen LogP contribution in [0.25, 0.3) is 11.2 Å². The van der Waals surface area contributed by atoms with Crippen LogP contribution in [0.1, 0.15) is 5.56 Å². The summed E-state index contributed by atoms with van der Waals surface area (Å²) in [6, 6.07) is 13.8. The standard InChI is InChI=1S/C25H25FN6O4/c1-29(18-11-7-10-17(26)13-18)23(34)19(12-16-8-5-4-6-9-16)28-20(33)14-32-15-27-22-21(32)24(35)31(3)25(36)30(22)2/h4-11,13,15,19H,12,14H2,1-3H3,(H,28,33)/t19-/m0/s1. The predicted octanol–water partition coefficient (Wildman–Crippen LogP) is 0.963. The van der Waals surface area contributed by atoms with Crippen molar-refractivity contribution in [2.75, 3.05) is 11.9 Å². The summed E-state index contributed by atoms with van der Waals surface area (Å²) < 4.78 is 17.2. The molecule has 2 aromatic carbocycles. The van der Waals surface area contributed by atoms with Crippen molar-refractivity contribution in [2.24, 2.45) is 14.1 Å². The monoisotopic (exact) mass is 492 g/mol. The summed E-state index contributed by atoms with van der Waals surface area (Å²) in [5.41, 5.74) is 0.298. The highest BCUT2D eigenvalue weighted by molar-refractivity contribution is 5.99. The normalized spacial score (nSPS) is 11.9. The fraction of sp³-hybridized carbons (Fsp3) is 0.240. The molecule has 0 bridgehead atoms. The van der Waals surface area contributed by atoms with E-state index in [1.807, 2.05) is 30.3 Å². The molecule has 0 saturated heterocycles. The van der Waals surface area contributed by atoms with E-state index in [0.717, 1.165) is 10.1 Å². The number of halogens is 1. The third kappa shape index (κ3) is 4.81. The second-order valence-corrected chi connectivity index (χ2v) is 8.44. The highest BCUT2D eigenvalue weighted by Crippen LogP contribution is 2.16. The number of nitrogens with zero attached hydrogens (tertiary/aromatic N) is 5. The van der Waals surface area contributed by atoms with E-state index < -0.39 is 34.9 Å². The topological polar surface area (TPSA) is 111 Å². The average Bonchev–Trinajstić information content (AvgIpc) is 3.29. The molecule has 4 aromatic rings. The number of aryl methyl sites for hydroxylation is 1. The average molecular weight is 493 g/mol. The number of nitrogens with one attached hydrogen (secondary N) is 1. The van der Waals surface area contributed by atoms with Gasteiger partial charge in [-0.05, 0) is 23.8 Å². The largest absolute Gasteiger partial charge is 0.342 e. The van der Waals surface area contributed by atoms with Gasteiger partial charge in [0.2, 0.25) is 11.8 Å². The minimum Gasteiger partial charge on any atom is -0.342 e. The van der Waals surface area contributed by atoms with E-state index >= 15 is 0 Å². The zero-order valence-electron chi connectivity index (χ0n) is 20.0. The van der Waals surface area contributed by atoms with E-state index in [2.05, 4.69) is 10.3 Å². The molecule has 2 heterocycles. The molecule has 1 N–H and O–H groups in total. The number of anilines is 1. The maximum absolute atomic E-state index is 13.7. The van der Waals surface area contributed by atoms with Crippen LogP contribution in [0.15, 0.2) is 70.5 Å². The number of carbonyl (C=O) groups is 2. The fourth-order valence-corrected chi connectivity index (χ4v) is 4.01. The lowest BCUT2D eigenvalue weighted by Gasteiger charge is -2.25. The third-order valence-corrected chi connectivity index (χ3v) is 5.97. The number of benzene rings is 2. The van der Waals surface area contributed by atoms with E-state index in [4.69, 9.17) is 0 Å². The van der Waals surface area contributed by atoms with Gasteiger partial charge in [0, 0.05) is 33.3 Å². The Hall–Kier alpha value is -4.54.